The van der Waals surface area contributed by atoms with Crippen molar-refractivity contribution < 1.29 is 48.4 Å². The summed E-state index contributed by atoms with van der Waals surface area (Å²) in [6.45, 7) is -0.362. The van der Waals surface area contributed by atoms with E-state index in [9.17, 15) is 34.4 Å². The van der Waals surface area contributed by atoms with E-state index in [1.54, 1.807) is 24.3 Å². The van der Waals surface area contributed by atoms with Gasteiger partial charge in [-0.3, -0.25) is 13.7 Å². The third-order valence-electron chi connectivity index (χ3n) is 7.52. The van der Waals surface area contributed by atoms with Crippen molar-refractivity contribution in [3.63, 3.8) is 0 Å². The fourth-order valence-electron chi connectivity index (χ4n) is 4.82. The van der Waals surface area contributed by atoms with E-state index >= 15 is 0 Å². The zero-order valence-electron chi connectivity index (χ0n) is 30.5. The number of nitrogens with two attached hydrogens (primary N) is 2. The fourth-order valence-corrected chi connectivity index (χ4v) is 7.17. The van der Waals surface area contributed by atoms with Crippen molar-refractivity contribution in [2.75, 3.05) is 52.1 Å². The molecule has 0 saturated carbocycles. The maximum Gasteiger partial charge on any atom is 0.296 e. The van der Waals surface area contributed by atoms with E-state index in [0.29, 0.717) is 11.4 Å². The lowest BCUT2D eigenvalue weighted by Gasteiger charge is -2.17. The molecule has 1 aromatic heterocycles. The van der Waals surface area contributed by atoms with Crippen molar-refractivity contribution in [3.8, 4) is 11.5 Å². The number of azo groups is 1. The van der Waals surface area contributed by atoms with Crippen molar-refractivity contribution in [2.45, 2.75) is 17.7 Å². The van der Waals surface area contributed by atoms with Gasteiger partial charge in [-0.1, -0.05) is 34.8 Å². The summed E-state index contributed by atoms with van der Waals surface area (Å²) >= 11 is 18.9. The Labute approximate surface area is 357 Å². The number of benzene rings is 4. The third-order valence-corrected chi connectivity index (χ3v) is 11.1. The van der Waals surface area contributed by atoms with Gasteiger partial charge in [-0.15, -0.1) is 5.11 Å². The first-order valence-corrected chi connectivity index (χ1v) is 22.6. The molecule has 5 rings (SSSR count). The van der Waals surface area contributed by atoms with Gasteiger partial charge < -0.3 is 36.9 Å². The van der Waals surface area contributed by atoms with Gasteiger partial charge >= 0.3 is 0 Å². The van der Waals surface area contributed by atoms with E-state index in [-0.39, 0.29) is 98.9 Å². The number of rotatable bonds is 19. The van der Waals surface area contributed by atoms with Crippen molar-refractivity contribution in [1.29, 1.82) is 0 Å². The zero-order valence-corrected chi connectivity index (χ0v) is 35.2. The van der Waals surface area contributed by atoms with Crippen LogP contribution in [0.1, 0.15) is 12.8 Å². The Bertz CT molecular complexity index is 2750. The van der Waals surface area contributed by atoms with E-state index in [1.807, 2.05) is 0 Å². The average Bonchev–Trinajstić information content (AvgIpc) is 3.13. The highest BCUT2D eigenvalue weighted by Crippen LogP contribution is 2.40. The molecule has 0 bridgehead atoms. The Morgan fingerprint density at radius 2 is 1.13 bits per heavy atom. The molecule has 0 aliphatic heterocycles. The Balaban J connectivity index is 1.52. The first-order chi connectivity index (χ1) is 28.1. The van der Waals surface area contributed by atoms with Gasteiger partial charge in [0.15, 0.2) is 0 Å². The number of halogens is 3. The van der Waals surface area contributed by atoms with Crippen LogP contribution in [0, 0.1) is 0 Å². The van der Waals surface area contributed by atoms with Crippen LogP contribution >= 0.6 is 34.8 Å². The van der Waals surface area contributed by atoms with E-state index in [0.717, 1.165) is 12.1 Å². The minimum absolute atomic E-state index is 0.00730. The van der Waals surface area contributed by atoms with Gasteiger partial charge in [0.25, 0.3) is 30.4 Å². The summed E-state index contributed by atoms with van der Waals surface area (Å²) in [5.74, 6) is -1.24. The number of hydrogen-bond donors (Lipinski definition) is 8. The van der Waals surface area contributed by atoms with Gasteiger partial charge in [0, 0.05) is 23.5 Å². The molecule has 5 aromatic rings. The maximum atomic E-state index is 11.5. The molecule has 0 atom stereocenters. The fraction of sp³-hybridized carbons (Fsp3) is 0.182. The number of hydrogen-bond acceptors (Lipinski definition) is 18. The summed E-state index contributed by atoms with van der Waals surface area (Å²) in [6, 6.07) is 15.5. The third kappa shape index (κ3) is 13.9. The van der Waals surface area contributed by atoms with Crippen LogP contribution in [0.4, 0.5) is 57.7 Å². The molecule has 4 aromatic carbocycles. The smallest absolute Gasteiger partial charge is 0.296 e. The summed E-state index contributed by atoms with van der Waals surface area (Å²) in [4.78, 5) is 12.8. The van der Waals surface area contributed by atoms with Crippen LogP contribution in [-0.4, -0.2) is 78.6 Å². The minimum atomic E-state index is -4.60. The molecule has 10 N–H and O–H groups in total. The molecular formula is C33H33Cl3N10O11S3. The predicted octanol–water partition coefficient (Wildman–Crippen LogP) is 7.20. The summed E-state index contributed by atoms with van der Waals surface area (Å²) < 4.78 is 108. The normalized spacial score (nSPS) is 12.0. The topological polar surface area (TPSA) is 333 Å². The van der Waals surface area contributed by atoms with Gasteiger partial charge in [-0.05, 0) is 67.4 Å². The van der Waals surface area contributed by atoms with Crippen LogP contribution in [0.15, 0.2) is 81.9 Å². The van der Waals surface area contributed by atoms with Crippen LogP contribution in [0.5, 0.6) is 11.5 Å². The molecule has 0 saturated heterocycles. The van der Waals surface area contributed by atoms with Gasteiger partial charge in [0.05, 0.1) is 62.5 Å². The first kappa shape index (κ1) is 45.8. The average molecular weight is 948 g/mol. The van der Waals surface area contributed by atoms with E-state index in [4.69, 9.17) is 60.3 Å². The molecule has 0 spiro atoms. The number of nitrogens with one attached hydrogen (secondary N) is 3. The molecule has 0 amide bonds. The molecular weight excluding hydrogens is 915 g/mol. The lowest BCUT2D eigenvalue weighted by molar-refractivity contribution is 0.317. The second kappa shape index (κ2) is 19.4. The number of aromatic nitrogens is 3. The zero-order chi connectivity index (χ0) is 43.8. The quantitative estimate of drug-likeness (QED) is 0.0175. The van der Waals surface area contributed by atoms with Crippen molar-refractivity contribution in [3.05, 3.63) is 81.8 Å². The Morgan fingerprint density at radius 1 is 0.617 bits per heavy atom. The van der Waals surface area contributed by atoms with E-state index in [2.05, 4.69) is 41.1 Å². The largest absolute Gasteiger partial charge is 0.491 e. The monoisotopic (exact) mass is 946 g/mol. The number of ether oxygens (including phenoxy) is 2. The minimum Gasteiger partial charge on any atom is -0.491 e. The lowest BCUT2D eigenvalue weighted by Crippen LogP contribution is -2.11. The molecule has 0 radical (unpaired) electrons. The van der Waals surface area contributed by atoms with Gasteiger partial charge in [0.1, 0.15) is 22.1 Å². The molecule has 1 heterocycles. The van der Waals surface area contributed by atoms with Crippen molar-refractivity contribution >= 4 is 123 Å². The Kier molecular flexibility index (Phi) is 14.8. The summed E-state index contributed by atoms with van der Waals surface area (Å²) in [5, 5.41) is 16.9. The van der Waals surface area contributed by atoms with Gasteiger partial charge in [0.2, 0.25) is 17.8 Å². The van der Waals surface area contributed by atoms with Gasteiger partial charge in [-0.2, -0.15) is 45.3 Å². The molecule has 320 valence electrons. The summed E-state index contributed by atoms with van der Waals surface area (Å²) in [5.41, 5.74) is 13.4. The van der Waals surface area contributed by atoms with Crippen molar-refractivity contribution in [1.82, 2.24) is 15.0 Å². The highest BCUT2D eigenvalue weighted by atomic mass is 35.5. The maximum absolute atomic E-state index is 11.5. The van der Waals surface area contributed by atoms with Crippen LogP contribution in [-0.2, 0) is 30.4 Å². The molecule has 0 fully saturated rings. The second-order valence-electron chi connectivity index (χ2n) is 12.2. The number of nitrogens with zero attached hydrogens (tertiary/aromatic N) is 5. The summed E-state index contributed by atoms with van der Waals surface area (Å²) in [6.07, 6.45) is -0.187. The molecule has 0 aliphatic carbocycles. The molecule has 0 unspecified atom stereocenters. The van der Waals surface area contributed by atoms with Crippen LogP contribution < -0.4 is 36.9 Å². The SMILES string of the molecule is Nc1ccc(Nc2nc(Nc3cc(Cl)c(N)cc3OCCCS(=O)(=O)O)nc(Nc3cc(Cl)c(N=Nc4ccc(S(=O)(=O)O)c(Cl)c4)cc3OCCCS(=O)(=O)O)n2)cc1. The van der Waals surface area contributed by atoms with E-state index < -0.39 is 46.8 Å². The lowest BCUT2D eigenvalue weighted by atomic mass is 10.2. The second-order valence-corrected chi connectivity index (χ2v) is 18.0. The molecule has 60 heavy (non-hydrogen) atoms. The van der Waals surface area contributed by atoms with Crippen LogP contribution in [0.3, 0.4) is 0 Å². The van der Waals surface area contributed by atoms with Crippen LogP contribution in [0.25, 0.3) is 0 Å². The Hall–Kier alpha value is -5.31. The summed E-state index contributed by atoms with van der Waals surface area (Å²) in [7, 11) is -13.2. The van der Waals surface area contributed by atoms with Gasteiger partial charge in [-0.25, -0.2) is 0 Å². The highest BCUT2D eigenvalue weighted by Gasteiger charge is 2.18. The Morgan fingerprint density at radius 3 is 1.65 bits per heavy atom. The molecule has 21 nitrogen and oxygen atoms in total. The van der Waals surface area contributed by atoms with Crippen molar-refractivity contribution in [2.24, 2.45) is 10.2 Å². The number of nitrogen functional groups attached to an aromatic ring is 2. The standard InChI is InChI=1S/C33H33Cl3N10O11S3/c34-21-14-26(28(16-24(21)38)56-9-1-11-58(47,48)49)40-32-42-31(39-19-5-3-18(37)4-6-19)43-33(44-32)41-27-15-22(35)25(17-29(27)57-10-2-12-59(50,51)52)46-45-20-7-8-30(23(36)13-20)60(53,54)55/h3-8,13-17H,1-2,9-12,37-38H2,(H,47,48,49)(H,50,51,52)(H,53,54,55)(H3,39,40,41,42,43,44). The molecule has 0 aliphatic rings. The highest BCUT2D eigenvalue weighted by molar-refractivity contribution is 7.86. The first-order valence-electron chi connectivity index (χ1n) is 16.8. The van der Waals surface area contributed by atoms with Crippen LogP contribution in [0.2, 0.25) is 15.1 Å². The number of anilines is 8. The van der Waals surface area contributed by atoms with E-state index in [1.165, 1.54) is 30.3 Å². The predicted molar refractivity (Wildman–Crippen MR) is 226 cm³/mol. The molecule has 27 heteroatoms.